The standard InChI is InChI=1S/C29H25N5O2S/c1-2-25(27(35)31-26-18-19-33(32-26)22-14-8-4-9-15-22)37-29-30-24(20-21-12-6-3-7-13-21)28(36)34(29)23-16-10-5-11-17-23/h3-20,25H,2H2,1H3,(H,31,32,35)/b24-20+/t25-/m1/s1. The van der Waals surface area contributed by atoms with Crippen LogP contribution in [0.1, 0.15) is 18.9 Å². The molecule has 37 heavy (non-hydrogen) atoms. The van der Waals surface area contributed by atoms with Crippen molar-refractivity contribution in [2.24, 2.45) is 4.99 Å². The topological polar surface area (TPSA) is 79.6 Å². The van der Waals surface area contributed by atoms with Gasteiger partial charge in [0.2, 0.25) is 5.91 Å². The second kappa shape index (κ2) is 11.1. The number of nitrogens with zero attached hydrogens (tertiary/aromatic N) is 4. The highest BCUT2D eigenvalue weighted by Crippen LogP contribution is 2.32. The summed E-state index contributed by atoms with van der Waals surface area (Å²) in [5.74, 6) is 0.0331. The van der Waals surface area contributed by atoms with Crippen molar-refractivity contribution in [2.45, 2.75) is 18.6 Å². The third-order valence-corrected chi connectivity index (χ3v) is 7.04. The zero-order chi connectivity index (χ0) is 25.6. The van der Waals surface area contributed by atoms with Crippen molar-refractivity contribution in [1.29, 1.82) is 0 Å². The van der Waals surface area contributed by atoms with Gasteiger partial charge in [0.15, 0.2) is 11.0 Å². The summed E-state index contributed by atoms with van der Waals surface area (Å²) >= 11 is 1.27. The molecule has 0 bridgehead atoms. The van der Waals surface area contributed by atoms with E-state index in [0.29, 0.717) is 28.8 Å². The molecule has 0 saturated heterocycles. The molecule has 1 N–H and O–H groups in total. The molecule has 0 saturated carbocycles. The molecule has 0 spiro atoms. The fraction of sp³-hybridized carbons (Fsp3) is 0.103. The molecule has 5 rings (SSSR count). The minimum atomic E-state index is -0.476. The fourth-order valence-electron chi connectivity index (χ4n) is 3.86. The monoisotopic (exact) mass is 507 g/mol. The molecule has 2 heterocycles. The van der Waals surface area contributed by atoms with Gasteiger partial charge in [-0.15, -0.1) is 0 Å². The molecule has 1 aliphatic heterocycles. The molecule has 1 aliphatic rings. The average Bonchev–Trinajstić information content (AvgIpc) is 3.53. The first-order valence-electron chi connectivity index (χ1n) is 12.0. The molecule has 3 aromatic carbocycles. The molecular weight excluding hydrogens is 482 g/mol. The van der Waals surface area contributed by atoms with E-state index in [1.54, 1.807) is 27.9 Å². The number of carbonyl (C=O) groups is 2. The Morgan fingerprint density at radius 2 is 1.54 bits per heavy atom. The third-order valence-electron chi connectivity index (χ3n) is 5.72. The number of amidine groups is 1. The van der Waals surface area contributed by atoms with Crippen molar-refractivity contribution in [3.63, 3.8) is 0 Å². The first-order chi connectivity index (χ1) is 18.1. The van der Waals surface area contributed by atoms with Crippen LogP contribution in [0, 0.1) is 0 Å². The van der Waals surface area contributed by atoms with Crippen LogP contribution in [-0.4, -0.2) is 32.0 Å². The van der Waals surface area contributed by atoms with E-state index in [9.17, 15) is 9.59 Å². The van der Waals surface area contributed by atoms with Gasteiger partial charge in [0.05, 0.1) is 16.6 Å². The highest BCUT2D eigenvalue weighted by Gasteiger charge is 2.34. The van der Waals surface area contributed by atoms with E-state index in [2.05, 4.69) is 15.4 Å². The molecule has 0 fully saturated rings. The van der Waals surface area contributed by atoms with Crippen LogP contribution < -0.4 is 10.2 Å². The number of para-hydroxylation sites is 2. The molecule has 0 radical (unpaired) electrons. The smallest absolute Gasteiger partial charge is 0.283 e. The van der Waals surface area contributed by atoms with E-state index in [0.717, 1.165) is 11.3 Å². The molecule has 1 atom stereocenters. The SMILES string of the molecule is CC[C@@H](SC1=N/C(=C/c2ccccc2)C(=O)N1c1ccccc1)C(=O)Nc1ccn(-c2ccccc2)n1. The Kier molecular flexibility index (Phi) is 7.28. The first kappa shape index (κ1) is 24.3. The molecule has 4 aromatic rings. The van der Waals surface area contributed by atoms with Gasteiger partial charge in [0.25, 0.3) is 5.91 Å². The lowest BCUT2D eigenvalue weighted by molar-refractivity contribution is -0.116. The molecule has 8 heteroatoms. The van der Waals surface area contributed by atoms with Crippen molar-refractivity contribution in [1.82, 2.24) is 9.78 Å². The van der Waals surface area contributed by atoms with Gasteiger partial charge in [0.1, 0.15) is 5.70 Å². The Bertz CT molecular complexity index is 1450. The number of carbonyl (C=O) groups excluding carboxylic acids is 2. The van der Waals surface area contributed by atoms with Crippen molar-refractivity contribution in [3.05, 3.63) is 115 Å². The van der Waals surface area contributed by atoms with Crippen molar-refractivity contribution >= 4 is 46.3 Å². The normalized spacial score (nSPS) is 15.1. The van der Waals surface area contributed by atoms with Gasteiger partial charge in [-0.2, -0.15) is 5.10 Å². The van der Waals surface area contributed by atoms with Crippen molar-refractivity contribution in [3.8, 4) is 5.69 Å². The number of aliphatic imine (C=N–C) groups is 1. The Morgan fingerprint density at radius 3 is 2.19 bits per heavy atom. The van der Waals surface area contributed by atoms with Crippen LogP contribution in [0.25, 0.3) is 11.8 Å². The minimum Gasteiger partial charge on any atom is -0.308 e. The molecule has 0 aliphatic carbocycles. The number of thioether (sulfide) groups is 1. The lowest BCUT2D eigenvalue weighted by Crippen LogP contribution is -2.34. The quantitative estimate of drug-likeness (QED) is 0.322. The average molecular weight is 508 g/mol. The van der Waals surface area contributed by atoms with Gasteiger partial charge in [-0.3, -0.25) is 14.5 Å². The number of anilines is 2. The zero-order valence-corrected chi connectivity index (χ0v) is 21.0. The van der Waals surface area contributed by atoms with Crippen LogP contribution >= 0.6 is 11.8 Å². The highest BCUT2D eigenvalue weighted by molar-refractivity contribution is 8.15. The number of aromatic nitrogens is 2. The van der Waals surface area contributed by atoms with Gasteiger partial charge in [-0.25, -0.2) is 9.67 Å². The molecule has 0 unspecified atom stereocenters. The van der Waals surface area contributed by atoms with E-state index >= 15 is 0 Å². The molecule has 7 nitrogen and oxygen atoms in total. The van der Waals surface area contributed by atoms with Gasteiger partial charge in [-0.05, 0) is 42.3 Å². The first-order valence-corrected chi connectivity index (χ1v) is 12.8. The van der Waals surface area contributed by atoms with Crippen molar-refractivity contribution in [2.75, 3.05) is 10.2 Å². The maximum atomic E-state index is 13.4. The Hall–Kier alpha value is -4.43. The summed E-state index contributed by atoms with van der Waals surface area (Å²) in [5, 5.41) is 7.37. The van der Waals surface area contributed by atoms with Crippen LogP contribution in [0.2, 0.25) is 0 Å². The summed E-state index contributed by atoms with van der Waals surface area (Å²) < 4.78 is 1.71. The number of hydrogen-bond donors (Lipinski definition) is 1. The van der Waals surface area contributed by atoms with Crippen LogP contribution in [0.5, 0.6) is 0 Å². The van der Waals surface area contributed by atoms with Crippen LogP contribution in [0.3, 0.4) is 0 Å². The van der Waals surface area contributed by atoms with Gasteiger partial charge in [0, 0.05) is 12.3 Å². The largest absolute Gasteiger partial charge is 0.308 e. The van der Waals surface area contributed by atoms with Gasteiger partial charge < -0.3 is 5.32 Å². The maximum absolute atomic E-state index is 13.4. The van der Waals surface area contributed by atoms with E-state index in [1.165, 1.54) is 11.8 Å². The number of nitrogens with one attached hydrogen (secondary N) is 1. The van der Waals surface area contributed by atoms with Crippen LogP contribution in [0.4, 0.5) is 11.5 Å². The van der Waals surface area contributed by atoms with E-state index in [-0.39, 0.29) is 11.8 Å². The number of rotatable bonds is 7. The second-order valence-electron chi connectivity index (χ2n) is 8.30. The number of amides is 2. The lowest BCUT2D eigenvalue weighted by atomic mass is 10.2. The van der Waals surface area contributed by atoms with Gasteiger partial charge >= 0.3 is 0 Å². The summed E-state index contributed by atoms with van der Waals surface area (Å²) in [5.41, 5.74) is 2.81. The van der Waals surface area contributed by atoms with E-state index in [1.807, 2.05) is 97.9 Å². The van der Waals surface area contributed by atoms with E-state index < -0.39 is 5.25 Å². The van der Waals surface area contributed by atoms with Gasteiger partial charge in [-0.1, -0.05) is 85.4 Å². The predicted molar refractivity (Wildman–Crippen MR) is 150 cm³/mol. The molecule has 184 valence electrons. The Morgan fingerprint density at radius 1 is 0.919 bits per heavy atom. The maximum Gasteiger partial charge on any atom is 0.283 e. The Balaban J connectivity index is 1.38. The third kappa shape index (κ3) is 5.54. The van der Waals surface area contributed by atoms with Crippen molar-refractivity contribution < 1.29 is 9.59 Å². The number of hydrogen-bond acceptors (Lipinski definition) is 5. The predicted octanol–water partition coefficient (Wildman–Crippen LogP) is 5.77. The zero-order valence-electron chi connectivity index (χ0n) is 20.2. The Labute approximate surface area is 219 Å². The summed E-state index contributed by atoms with van der Waals surface area (Å²) in [6.07, 6.45) is 4.11. The minimum absolute atomic E-state index is 0.200. The summed E-state index contributed by atoms with van der Waals surface area (Å²) in [7, 11) is 0. The summed E-state index contributed by atoms with van der Waals surface area (Å²) in [4.78, 5) is 32.9. The fourth-order valence-corrected chi connectivity index (χ4v) is 4.89. The summed E-state index contributed by atoms with van der Waals surface area (Å²) in [6.45, 7) is 1.94. The van der Waals surface area contributed by atoms with Crippen LogP contribution in [-0.2, 0) is 9.59 Å². The second-order valence-corrected chi connectivity index (χ2v) is 9.47. The number of benzene rings is 3. The lowest BCUT2D eigenvalue weighted by Gasteiger charge is -2.20. The van der Waals surface area contributed by atoms with Crippen LogP contribution in [0.15, 0.2) is 114 Å². The van der Waals surface area contributed by atoms with E-state index in [4.69, 9.17) is 0 Å². The molecular formula is C29H25N5O2S. The highest BCUT2D eigenvalue weighted by atomic mass is 32.2. The molecule has 1 aromatic heterocycles. The molecule has 2 amide bonds. The summed E-state index contributed by atoms with van der Waals surface area (Å²) in [6, 6.07) is 30.4.